The molecule has 11 aromatic carbocycles. The van der Waals surface area contributed by atoms with E-state index in [0.717, 1.165) is 0 Å². The second kappa shape index (κ2) is 10.4. The fraction of sp³-hybridized carbons (Fsp3) is 0. The fourth-order valence-corrected chi connectivity index (χ4v) is 13.5. The third-order valence-electron chi connectivity index (χ3n) is 15.6. The summed E-state index contributed by atoms with van der Waals surface area (Å²) in [5.41, 5.74) is 22.0. The van der Waals surface area contributed by atoms with Crippen molar-refractivity contribution in [1.82, 2.24) is 9.13 Å². The molecule has 4 aliphatic heterocycles. The molecule has 0 unspecified atom stereocenters. The van der Waals surface area contributed by atoms with Crippen molar-refractivity contribution in [3.05, 3.63) is 182 Å². The maximum Gasteiger partial charge on any atom is 0.248 e. The number of benzene rings is 11. The molecule has 278 valence electrons. The summed E-state index contributed by atoms with van der Waals surface area (Å²) in [6.45, 7) is 0.215. The van der Waals surface area contributed by atoms with E-state index in [4.69, 9.17) is 0 Å². The third kappa shape index (κ3) is 3.28. The van der Waals surface area contributed by atoms with E-state index in [1.807, 2.05) is 0 Å². The Morgan fingerprint density at radius 3 is 1.19 bits per heavy atom. The molecule has 17 rings (SSSR count). The van der Waals surface area contributed by atoms with E-state index in [2.05, 4.69) is 191 Å². The summed E-state index contributed by atoms with van der Waals surface area (Å²) in [6, 6.07) is 69.8. The van der Waals surface area contributed by atoms with Gasteiger partial charge in [0.05, 0.1) is 22.1 Å². The highest BCUT2D eigenvalue weighted by Crippen LogP contribution is 2.49. The molecule has 0 aliphatic carbocycles. The van der Waals surface area contributed by atoms with Crippen molar-refractivity contribution in [1.29, 1.82) is 0 Å². The Morgan fingerprint density at radius 2 is 0.710 bits per heavy atom. The maximum absolute atomic E-state index is 2.68. The van der Waals surface area contributed by atoms with Gasteiger partial charge in [-0.2, -0.15) is 0 Å². The normalized spacial score (nSPS) is 13.7. The molecule has 0 radical (unpaired) electrons. The zero-order valence-corrected chi connectivity index (χ0v) is 33.4. The van der Waals surface area contributed by atoms with Gasteiger partial charge < -0.3 is 9.13 Å². The van der Waals surface area contributed by atoms with Crippen LogP contribution in [0.3, 0.4) is 0 Å². The SMILES string of the molecule is c1ccc2c(c1)B1c3cc4c(cc3-n3c5ccc6ccccc6c5c5c6ccccc6c-2c1c53)-n1c2ccc3ccccc3c2c2c3ccccc3c3c(c21)B4c1ccccc1-3. The zero-order chi connectivity index (χ0) is 39.7. The lowest BCUT2D eigenvalue weighted by molar-refractivity contribution is 1.15. The summed E-state index contributed by atoms with van der Waals surface area (Å²) in [6.07, 6.45) is 0. The largest absolute Gasteiger partial charge is 0.310 e. The summed E-state index contributed by atoms with van der Waals surface area (Å²) in [5, 5.41) is 16.0. The highest BCUT2D eigenvalue weighted by molar-refractivity contribution is 7.04. The Bertz CT molecular complexity index is 4080. The van der Waals surface area contributed by atoms with Crippen LogP contribution in [0.4, 0.5) is 0 Å². The van der Waals surface area contributed by atoms with Gasteiger partial charge in [-0.1, -0.05) is 175 Å². The maximum atomic E-state index is 2.68. The summed E-state index contributed by atoms with van der Waals surface area (Å²) < 4.78 is 5.37. The second-order valence-corrected chi connectivity index (χ2v) is 18.2. The van der Waals surface area contributed by atoms with Crippen molar-refractivity contribution < 1.29 is 0 Å². The van der Waals surface area contributed by atoms with Crippen LogP contribution in [0.5, 0.6) is 0 Å². The Labute approximate surface area is 356 Å². The molecule has 4 heteroatoms. The molecule has 0 spiro atoms. The minimum Gasteiger partial charge on any atom is -0.310 e. The van der Waals surface area contributed by atoms with Gasteiger partial charge in [0, 0.05) is 32.9 Å². The number of rotatable bonds is 0. The predicted molar refractivity (Wildman–Crippen MR) is 265 cm³/mol. The molecule has 0 N–H and O–H groups in total. The van der Waals surface area contributed by atoms with E-state index in [1.165, 1.54) is 153 Å². The quantitative estimate of drug-likeness (QED) is 0.136. The van der Waals surface area contributed by atoms with Crippen molar-refractivity contribution in [3.8, 4) is 33.6 Å². The van der Waals surface area contributed by atoms with Crippen LogP contribution in [0.15, 0.2) is 182 Å². The molecular formula is C58H30B2N2. The molecule has 4 aliphatic rings. The van der Waals surface area contributed by atoms with E-state index in [9.17, 15) is 0 Å². The molecule has 2 aromatic heterocycles. The number of hydrogen-bond donors (Lipinski definition) is 0. The average molecular weight is 777 g/mol. The van der Waals surface area contributed by atoms with Crippen LogP contribution in [0.25, 0.3) is 120 Å². The first-order chi connectivity index (χ1) is 30.8. The molecule has 0 saturated carbocycles. The van der Waals surface area contributed by atoms with E-state index in [1.54, 1.807) is 0 Å². The van der Waals surface area contributed by atoms with Gasteiger partial charge in [-0.15, -0.1) is 0 Å². The Balaban J connectivity index is 1.13. The van der Waals surface area contributed by atoms with Gasteiger partial charge >= 0.3 is 0 Å². The lowest BCUT2D eigenvalue weighted by atomic mass is 9.34. The van der Waals surface area contributed by atoms with Crippen LogP contribution < -0.4 is 32.8 Å². The summed E-state index contributed by atoms with van der Waals surface area (Å²) in [7, 11) is 0. The molecule has 0 saturated heterocycles. The number of nitrogens with zero attached hydrogens (tertiary/aromatic N) is 2. The van der Waals surface area contributed by atoms with Gasteiger partial charge in [0.2, 0.25) is 13.4 Å². The number of aromatic nitrogens is 2. The molecule has 13 aromatic rings. The minimum absolute atomic E-state index is 0.108. The first-order valence-electron chi connectivity index (χ1n) is 22.0. The molecule has 62 heavy (non-hydrogen) atoms. The van der Waals surface area contributed by atoms with Gasteiger partial charge in [-0.3, -0.25) is 0 Å². The van der Waals surface area contributed by atoms with Crippen LogP contribution in [-0.4, -0.2) is 22.6 Å². The van der Waals surface area contributed by atoms with E-state index >= 15 is 0 Å². The number of fused-ring (bicyclic) bond motifs is 28. The summed E-state index contributed by atoms with van der Waals surface area (Å²) in [4.78, 5) is 0. The lowest BCUT2D eigenvalue weighted by Gasteiger charge is -2.31. The van der Waals surface area contributed by atoms with Crippen LogP contribution in [-0.2, 0) is 0 Å². The van der Waals surface area contributed by atoms with E-state index in [0.29, 0.717) is 0 Å². The van der Waals surface area contributed by atoms with Crippen molar-refractivity contribution in [2.24, 2.45) is 0 Å². The monoisotopic (exact) mass is 776 g/mol. The average Bonchev–Trinajstić information content (AvgIpc) is 4.08. The summed E-state index contributed by atoms with van der Waals surface area (Å²) in [5.74, 6) is 0. The van der Waals surface area contributed by atoms with Gasteiger partial charge in [-0.25, -0.2) is 0 Å². The topological polar surface area (TPSA) is 9.86 Å². The highest BCUT2D eigenvalue weighted by Gasteiger charge is 2.47. The summed E-state index contributed by atoms with van der Waals surface area (Å²) >= 11 is 0. The van der Waals surface area contributed by atoms with Gasteiger partial charge in [-0.05, 0) is 105 Å². The molecule has 0 amide bonds. The lowest BCUT2D eigenvalue weighted by Crippen LogP contribution is -2.58. The zero-order valence-electron chi connectivity index (χ0n) is 33.4. The van der Waals surface area contributed by atoms with Gasteiger partial charge in [0.15, 0.2) is 0 Å². The smallest absolute Gasteiger partial charge is 0.248 e. The van der Waals surface area contributed by atoms with E-state index < -0.39 is 0 Å². The van der Waals surface area contributed by atoms with Gasteiger partial charge in [0.25, 0.3) is 0 Å². The minimum atomic E-state index is 0.108. The molecule has 0 bridgehead atoms. The Kier molecular flexibility index (Phi) is 5.21. The number of hydrogen-bond acceptors (Lipinski definition) is 0. The van der Waals surface area contributed by atoms with Crippen LogP contribution in [0, 0.1) is 0 Å². The predicted octanol–water partition coefficient (Wildman–Crippen LogP) is 10.1. The van der Waals surface area contributed by atoms with Crippen LogP contribution in [0.2, 0.25) is 0 Å². The standard InChI is InChI=1S/C58H30B2N2/c1-3-15-33-31(13-1)25-27-45-51(33)53-37-19-7-5-17-35(37)49-39-21-9-11-23-41(39)59-43-29-44-48(30-47(43)61(45)57(53)55(49)59)62-46-28-26-32-14-2-4-16-34(32)52(46)54-38-20-8-6-18-36(38)50-40-22-10-12-24-42(40)60(44)56(50)58(54)62/h1-30H. The van der Waals surface area contributed by atoms with Crippen LogP contribution >= 0.6 is 0 Å². The van der Waals surface area contributed by atoms with Crippen molar-refractivity contribution in [3.63, 3.8) is 0 Å². The first-order valence-corrected chi connectivity index (χ1v) is 22.0. The first kappa shape index (κ1) is 31.1. The van der Waals surface area contributed by atoms with E-state index in [-0.39, 0.29) is 13.4 Å². The van der Waals surface area contributed by atoms with Crippen molar-refractivity contribution in [2.75, 3.05) is 0 Å². The van der Waals surface area contributed by atoms with Crippen molar-refractivity contribution in [2.45, 2.75) is 0 Å². The van der Waals surface area contributed by atoms with Gasteiger partial charge in [0.1, 0.15) is 0 Å². The third-order valence-corrected chi connectivity index (χ3v) is 15.6. The van der Waals surface area contributed by atoms with Crippen molar-refractivity contribution >= 4 is 133 Å². The molecule has 0 fully saturated rings. The highest BCUT2D eigenvalue weighted by atomic mass is 15.0. The molecular weight excluding hydrogens is 746 g/mol. The Morgan fingerprint density at radius 1 is 0.306 bits per heavy atom. The molecule has 0 atom stereocenters. The van der Waals surface area contributed by atoms with Crippen LogP contribution in [0.1, 0.15) is 0 Å². The molecule has 2 nitrogen and oxygen atoms in total. The second-order valence-electron chi connectivity index (χ2n) is 18.2. The molecule has 6 heterocycles. The Hall–Kier alpha value is -7.81. The fourth-order valence-electron chi connectivity index (χ4n) is 13.5.